The third kappa shape index (κ3) is 3.82. The molecule has 1 unspecified atom stereocenters. The van der Waals surface area contributed by atoms with Crippen LogP contribution in [-0.4, -0.2) is 36.0 Å². The lowest BCUT2D eigenvalue weighted by molar-refractivity contribution is -0.149. The number of nitrogens with zero attached hydrogens (tertiary/aromatic N) is 1. The van der Waals surface area contributed by atoms with E-state index >= 15 is 0 Å². The lowest BCUT2D eigenvalue weighted by Crippen LogP contribution is -2.55. The number of carbonyl (C=O) groups is 2. The van der Waals surface area contributed by atoms with Gasteiger partial charge in [0.15, 0.2) is 0 Å². The van der Waals surface area contributed by atoms with Gasteiger partial charge in [-0.05, 0) is 31.2 Å². The number of hydrogen-bond donors (Lipinski definition) is 1. The SMILES string of the molecule is COC(=O)CN(Cc1ccccc1)C(=O)C(C)(N)C1CC1. The second kappa shape index (κ2) is 6.26. The Hall–Kier alpha value is -1.88. The zero-order valence-electron chi connectivity index (χ0n) is 12.5. The van der Waals surface area contributed by atoms with Crippen LogP contribution in [0, 0.1) is 5.92 Å². The molecule has 0 spiro atoms. The van der Waals surface area contributed by atoms with Crippen LogP contribution in [0.1, 0.15) is 25.3 Å². The highest BCUT2D eigenvalue weighted by Gasteiger charge is 2.46. The molecular weight excluding hydrogens is 268 g/mol. The molecule has 1 saturated carbocycles. The zero-order chi connectivity index (χ0) is 15.5. The van der Waals surface area contributed by atoms with Crippen LogP contribution in [0.2, 0.25) is 0 Å². The van der Waals surface area contributed by atoms with E-state index in [1.165, 1.54) is 12.0 Å². The van der Waals surface area contributed by atoms with Crippen molar-refractivity contribution in [3.8, 4) is 0 Å². The van der Waals surface area contributed by atoms with Crippen molar-refractivity contribution >= 4 is 11.9 Å². The van der Waals surface area contributed by atoms with Crippen LogP contribution >= 0.6 is 0 Å². The highest BCUT2D eigenvalue weighted by atomic mass is 16.5. The number of carbonyl (C=O) groups excluding carboxylic acids is 2. The molecule has 1 amide bonds. The Kier molecular flexibility index (Phi) is 4.63. The van der Waals surface area contributed by atoms with E-state index in [-0.39, 0.29) is 18.4 Å². The molecule has 5 heteroatoms. The summed E-state index contributed by atoms with van der Waals surface area (Å²) in [7, 11) is 1.32. The second-order valence-corrected chi connectivity index (χ2v) is 5.78. The molecular formula is C16H22N2O3. The Morgan fingerprint density at radius 2 is 1.95 bits per heavy atom. The topological polar surface area (TPSA) is 72.6 Å². The number of amides is 1. The number of methoxy groups -OCH3 is 1. The largest absolute Gasteiger partial charge is 0.468 e. The Bertz CT molecular complexity index is 510. The molecule has 5 nitrogen and oxygen atoms in total. The van der Waals surface area contributed by atoms with E-state index in [9.17, 15) is 9.59 Å². The molecule has 0 heterocycles. The van der Waals surface area contributed by atoms with Crippen molar-refractivity contribution in [3.05, 3.63) is 35.9 Å². The quantitative estimate of drug-likeness (QED) is 0.802. The lowest BCUT2D eigenvalue weighted by Gasteiger charge is -2.31. The van der Waals surface area contributed by atoms with E-state index in [1.807, 2.05) is 30.3 Å². The summed E-state index contributed by atoms with van der Waals surface area (Å²) < 4.78 is 4.68. The van der Waals surface area contributed by atoms with Crippen molar-refractivity contribution in [2.24, 2.45) is 11.7 Å². The summed E-state index contributed by atoms with van der Waals surface area (Å²) in [5, 5.41) is 0. The molecule has 0 saturated heterocycles. The Balaban J connectivity index is 2.15. The monoisotopic (exact) mass is 290 g/mol. The summed E-state index contributed by atoms with van der Waals surface area (Å²) in [5.41, 5.74) is 6.24. The summed E-state index contributed by atoms with van der Waals surface area (Å²) in [5.74, 6) is -0.425. The van der Waals surface area contributed by atoms with E-state index in [1.54, 1.807) is 6.92 Å². The maximum absolute atomic E-state index is 12.7. The van der Waals surface area contributed by atoms with Crippen LogP contribution < -0.4 is 5.73 Å². The van der Waals surface area contributed by atoms with Gasteiger partial charge >= 0.3 is 5.97 Å². The zero-order valence-corrected chi connectivity index (χ0v) is 12.5. The predicted molar refractivity (Wildman–Crippen MR) is 79.2 cm³/mol. The van der Waals surface area contributed by atoms with Crippen LogP contribution in [0.15, 0.2) is 30.3 Å². The van der Waals surface area contributed by atoms with Gasteiger partial charge in [0.1, 0.15) is 6.54 Å². The molecule has 0 aliphatic heterocycles. The standard InChI is InChI=1S/C16H22N2O3/c1-16(17,13-8-9-13)15(20)18(11-14(19)21-2)10-12-6-4-3-5-7-12/h3-7,13H,8-11,17H2,1-2H3. The van der Waals surface area contributed by atoms with E-state index in [0.29, 0.717) is 6.54 Å². The van der Waals surface area contributed by atoms with Gasteiger partial charge in [-0.1, -0.05) is 30.3 Å². The fourth-order valence-corrected chi connectivity index (χ4v) is 2.42. The Labute approximate surface area is 125 Å². The van der Waals surface area contributed by atoms with Gasteiger partial charge in [0.2, 0.25) is 5.91 Å². The van der Waals surface area contributed by atoms with E-state index in [4.69, 9.17) is 5.73 Å². The van der Waals surface area contributed by atoms with E-state index < -0.39 is 11.5 Å². The van der Waals surface area contributed by atoms with Gasteiger partial charge in [0, 0.05) is 6.54 Å². The van der Waals surface area contributed by atoms with E-state index in [0.717, 1.165) is 18.4 Å². The summed E-state index contributed by atoms with van der Waals surface area (Å²) >= 11 is 0. The van der Waals surface area contributed by atoms with Crippen molar-refractivity contribution in [1.29, 1.82) is 0 Å². The highest BCUT2D eigenvalue weighted by Crippen LogP contribution is 2.39. The van der Waals surface area contributed by atoms with Gasteiger partial charge in [0.05, 0.1) is 12.6 Å². The number of rotatable bonds is 6. The minimum absolute atomic E-state index is 0.0796. The predicted octanol–water partition coefficient (Wildman–Crippen LogP) is 1.32. The molecule has 2 rings (SSSR count). The van der Waals surface area contributed by atoms with Crippen LogP contribution in [0.4, 0.5) is 0 Å². The number of ether oxygens (including phenoxy) is 1. The summed E-state index contributed by atoms with van der Waals surface area (Å²) in [6, 6.07) is 9.55. The fourth-order valence-electron chi connectivity index (χ4n) is 2.42. The van der Waals surface area contributed by atoms with Gasteiger partial charge in [0.25, 0.3) is 0 Å². The maximum atomic E-state index is 12.7. The molecule has 2 N–H and O–H groups in total. The third-order valence-corrected chi connectivity index (χ3v) is 3.94. The first-order valence-corrected chi connectivity index (χ1v) is 7.14. The molecule has 1 aromatic rings. The van der Waals surface area contributed by atoms with Crippen molar-refractivity contribution < 1.29 is 14.3 Å². The van der Waals surface area contributed by atoms with Gasteiger partial charge in [-0.2, -0.15) is 0 Å². The summed E-state index contributed by atoms with van der Waals surface area (Å²) in [6.45, 7) is 2.03. The van der Waals surface area contributed by atoms with Gasteiger partial charge < -0.3 is 15.4 Å². The van der Waals surface area contributed by atoms with Crippen molar-refractivity contribution in [1.82, 2.24) is 4.90 Å². The number of esters is 1. The van der Waals surface area contributed by atoms with Gasteiger partial charge in [-0.25, -0.2) is 0 Å². The van der Waals surface area contributed by atoms with Crippen LogP contribution in [0.5, 0.6) is 0 Å². The Morgan fingerprint density at radius 1 is 1.33 bits per heavy atom. The Morgan fingerprint density at radius 3 is 2.48 bits per heavy atom. The van der Waals surface area contributed by atoms with Crippen molar-refractivity contribution in [3.63, 3.8) is 0 Å². The molecule has 1 atom stereocenters. The minimum atomic E-state index is -0.914. The molecule has 1 aliphatic carbocycles. The fraction of sp³-hybridized carbons (Fsp3) is 0.500. The second-order valence-electron chi connectivity index (χ2n) is 5.78. The normalized spacial score (nSPS) is 16.9. The minimum Gasteiger partial charge on any atom is -0.468 e. The smallest absolute Gasteiger partial charge is 0.325 e. The van der Waals surface area contributed by atoms with Gasteiger partial charge in [-0.3, -0.25) is 9.59 Å². The molecule has 114 valence electrons. The summed E-state index contributed by atoms with van der Waals surface area (Å²) in [4.78, 5) is 25.8. The summed E-state index contributed by atoms with van der Waals surface area (Å²) in [6.07, 6.45) is 1.94. The van der Waals surface area contributed by atoms with Crippen molar-refractivity contribution in [2.45, 2.75) is 31.8 Å². The van der Waals surface area contributed by atoms with Crippen LogP contribution in [0.25, 0.3) is 0 Å². The molecule has 1 aromatic carbocycles. The van der Waals surface area contributed by atoms with Gasteiger partial charge in [-0.15, -0.1) is 0 Å². The lowest BCUT2D eigenvalue weighted by atomic mass is 9.95. The molecule has 0 bridgehead atoms. The highest BCUT2D eigenvalue weighted by molar-refractivity contribution is 5.89. The van der Waals surface area contributed by atoms with Crippen molar-refractivity contribution in [2.75, 3.05) is 13.7 Å². The first-order chi connectivity index (χ1) is 9.95. The van der Waals surface area contributed by atoms with Crippen LogP contribution in [0.3, 0.4) is 0 Å². The van der Waals surface area contributed by atoms with E-state index in [2.05, 4.69) is 4.74 Å². The first-order valence-electron chi connectivity index (χ1n) is 7.14. The number of benzene rings is 1. The maximum Gasteiger partial charge on any atom is 0.325 e. The average molecular weight is 290 g/mol. The molecule has 0 aromatic heterocycles. The average Bonchev–Trinajstić information content (AvgIpc) is 3.31. The number of nitrogens with two attached hydrogens (primary N) is 1. The molecule has 1 fully saturated rings. The molecule has 0 radical (unpaired) electrons. The third-order valence-electron chi connectivity index (χ3n) is 3.94. The number of hydrogen-bond acceptors (Lipinski definition) is 4. The first kappa shape index (κ1) is 15.5. The van der Waals surface area contributed by atoms with Crippen LogP contribution in [-0.2, 0) is 20.9 Å². The molecule has 21 heavy (non-hydrogen) atoms. The molecule has 1 aliphatic rings.